The predicted octanol–water partition coefficient (Wildman–Crippen LogP) is 3.10. The van der Waals surface area contributed by atoms with Gasteiger partial charge in [-0.15, -0.1) is 0 Å². The second-order valence-electron chi connectivity index (χ2n) is 6.47. The number of amides is 1. The van der Waals surface area contributed by atoms with Crippen LogP contribution in [0.1, 0.15) is 39.1 Å². The van der Waals surface area contributed by atoms with E-state index in [1.165, 1.54) is 6.20 Å². The number of rotatable bonds is 4. The van der Waals surface area contributed by atoms with E-state index in [4.69, 9.17) is 4.74 Å². The third kappa shape index (κ3) is 4.44. The van der Waals surface area contributed by atoms with Crippen LogP contribution in [-0.4, -0.2) is 41.5 Å². The van der Waals surface area contributed by atoms with Crippen molar-refractivity contribution in [1.29, 1.82) is 0 Å². The molecule has 5 heteroatoms. The van der Waals surface area contributed by atoms with Crippen LogP contribution < -0.4 is 0 Å². The number of esters is 1. The van der Waals surface area contributed by atoms with E-state index in [2.05, 4.69) is 4.98 Å². The first-order valence-electron chi connectivity index (χ1n) is 8.56. The third-order valence-electron chi connectivity index (χ3n) is 4.39. The van der Waals surface area contributed by atoms with Crippen LogP contribution in [-0.2, 0) is 4.74 Å². The zero-order chi connectivity index (χ0) is 17.6. The summed E-state index contributed by atoms with van der Waals surface area (Å²) in [5.41, 5.74) is 2.09. The van der Waals surface area contributed by atoms with Crippen LogP contribution in [0.25, 0.3) is 0 Å². The largest absolute Gasteiger partial charge is 0.462 e. The van der Waals surface area contributed by atoms with Crippen molar-refractivity contribution in [1.82, 2.24) is 9.88 Å². The molecule has 25 heavy (non-hydrogen) atoms. The Morgan fingerprint density at radius 2 is 2.00 bits per heavy atom. The van der Waals surface area contributed by atoms with Crippen LogP contribution in [0.3, 0.4) is 0 Å². The molecule has 1 fully saturated rings. The quantitative estimate of drug-likeness (QED) is 0.804. The second-order valence-corrected chi connectivity index (χ2v) is 6.47. The minimum absolute atomic E-state index is 0.0412. The monoisotopic (exact) mass is 338 g/mol. The topological polar surface area (TPSA) is 59.5 Å². The lowest BCUT2D eigenvalue weighted by Crippen LogP contribution is -2.41. The summed E-state index contributed by atoms with van der Waals surface area (Å²) >= 11 is 0. The van der Waals surface area contributed by atoms with Gasteiger partial charge >= 0.3 is 5.97 Å². The minimum atomic E-state index is -0.359. The molecule has 1 atom stereocenters. The summed E-state index contributed by atoms with van der Waals surface area (Å²) in [6.07, 6.45) is 5.09. The molecule has 0 radical (unpaired) electrons. The summed E-state index contributed by atoms with van der Waals surface area (Å²) in [5, 5.41) is 0. The summed E-state index contributed by atoms with van der Waals surface area (Å²) in [4.78, 5) is 30.6. The number of carbonyl (C=O) groups excluding carboxylic acids is 2. The Labute approximate surface area is 147 Å². The molecule has 1 aromatic heterocycles. The molecule has 0 spiro atoms. The molecule has 0 N–H and O–H groups in total. The van der Waals surface area contributed by atoms with Gasteiger partial charge in [0, 0.05) is 37.0 Å². The number of pyridine rings is 1. The summed E-state index contributed by atoms with van der Waals surface area (Å²) in [6, 6.07) is 11.1. The molecule has 1 aliphatic heterocycles. The van der Waals surface area contributed by atoms with E-state index in [1.54, 1.807) is 12.3 Å². The highest BCUT2D eigenvalue weighted by atomic mass is 16.5. The van der Waals surface area contributed by atoms with E-state index < -0.39 is 0 Å². The van der Waals surface area contributed by atoms with Gasteiger partial charge in [0.1, 0.15) is 0 Å². The number of aryl methyl sites for hydroxylation is 1. The Morgan fingerprint density at radius 3 is 2.76 bits per heavy atom. The lowest BCUT2D eigenvalue weighted by molar-refractivity contribution is 0.0342. The molecule has 0 bridgehead atoms. The van der Waals surface area contributed by atoms with Gasteiger partial charge in [0.25, 0.3) is 5.91 Å². The Hall–Kier alpha value is -2.69. The number of benzene rings is 1. The van der Waals surface area contributed by atoms with Crippen molar-refractivity contribution >= 4 is 11.9 Å². The zero-order valence-corrected chi connectivity index (χ0v) is 14.4. The van der Waals surface area contributed by atoms with Crippen molar-refractivity contribution in [2.75, 3.05) is 19.7 Å². The van der Waals surface area contributed by atoms with Crippen molar-refractivity contribution in [2.24, 2.45) is 5.92 Å². The molecule has 1 amide bonds. The molecular formula is C20H22N2O3. The molecule has 2 heterocycles. The zero-order valence-electron chi connectivity index (χ0n) is 14.4. The van der Waals surface area contributed by atoms with Crippen molar-refractivity contribution in [3.05, 3.63) is 65.5 Å². The van der Waals surface area contributed by atoms with E-state index in [0.29, 0.717) is 24.3 Å². The number of aromatic nitrogens is 1. The van der Waals surface area contributed by atoms with Crippen LogP contribution >= 0.6 is 0 Å². The van der Waals surface area contributed by atoms with E-state index in [-0.39, 0.29) is 17.8 Å². The molecule has 0 saturated carbocycles. The van der Waals surface area contributed by atoms with Crippen molar-refractivity contribution in [3.63, 3.8) is 0 Å². The summed E-state index contributed by atoms with van der Waals surface area (Å²) < 4.78 is 5.44. The molecule has 1 aliphatic rings. The Balaban J connectivity index is 1.55. The van der Waals surface area contributed by atoms with Crippen LogP contribution in [0, 0.1) is 12.8 Å². The summed E-state index contributed by atoms with van der Waals surface area (Å²) in [7, 11) is 0. The molecule has 5 nitrogen and oxygen atoms in total. The van der Waals surface area contributed by atoms with E-state index in [1.807, 2.05) is 42.2 Å². The number of hydrogen-bond acceptors (Lipinski definition) is 4. The van der Waals surface area contributed by atoms with Crippen LogP contribution in [0.5, 0.6) is 0 Å². The first-order chi connectivity index (χ1) is 12.1. The van der Waals surface area contributed by atoms with Gasteiger partial charge in [-0.1, -0.05) is 18.2 Å². The van der Waals surface area contributed by atoms with Crippen molar-refractivity contribution < 1.29 is 14.3 Å². The first kappa shape index (κ1) is 17.1. The maximum absolute atomic E-state index is 12.6. The molecule has 0 unspecified atom stereocenters. The molecular weight excluding hydrogens is 316 g/mol. The number of hydrogen-bond donors (Lipinski definition) is 0. The smallest absolute Gasteiger partial charge is 0.339 e. The number of ether oxygens (including phenoxy) is 1. The molecule has 1 saturated heterocycles. The SMILES string of the molecule is Cc1cncc(C(=O)OC[C@@H]2CCCN(C(=O)c3ccccc3)C2)c1. The van der Waals surface area contributed by atoms with E-state index >= 15 is 0 Å². The Bertz CT molecular complexity index is 746. The van der Waals surface area contributed by atoms with Gasteiger partial charge in [0.15, 0.2) is 0 Å². The van der Waals surface area contributed by atoms with Crippen LogP contribution in [0.15, 0.2) is 48.8 Å². The molecule has 2 aromatic rings. The van der Waals surface area contributed by atoms with Gasteiger partial charge in [-0.25, -0.2) is 4.79 Å². The fraction of sp³-hybridized carbons (Fsp3) is 0.350. The fourth-order valence-electron chi connectivity index (χ4n) is 3.09. The number of piperidine rings is 1. The summed E-state index contributed by atoms with van der Waals surface area (Å²) in [5.74, 6) is -0.148. The molecule has 3 rings (SSSR count). The van der Waals surface area contributed by atoms with Crippen molar-refractivity contribution in [2.45, 2.75) is 19.8 Å². The third-order valence-corrected chi connectivity index (χ3v) is 4.39. The highest BCUT2D eigenvalue weighted by molar-refractivity contribution is 5.94. The summed E-state index contributed by atoms with van der Waals surface area (Å²) in [6.45, 7) is 3.58. The maximum Gasteiger partial charge on any atom is 0.339 e. The van der Waals surface area contributed by atoms with Gasteiger partial charge < -0.3 is 9.64 Å². The maximum atomic E-state index is 12.6. The Kier molecular flexibility index (Phi) is 5.43. The van der Waals surface area contributed by atoms with Crippen LogP contribution in [0.2, 0.25) is 0 Å². The number of carbonyl (C=O) groups is 2. The normalized spacial score (nSPS) is 17.2. The van der Waals surface area contributed by atoms with Crippen LogP contribution in [0.4, 0.5) is 0 Å². The number of nitrogens with zero attached hydrogens (tertiary/aromatic N) is 2. The lowest BCUT2D eigenvalue weighted by atomic mass is 9.98. The highest BCUT2D eigenvalue weighted by Crippen LogP contribution is 2.19. The van der Waals surface area contributed by atoms with Gasteiger partial charge in [0.2, 0.25) is 0 Å². The first-order valence-corrected chi connectivity index (χ1v) is 8.56. The van der Waals surface area contributed by atoms with Gasteiger partial charge in [0.05, 0.1) is 12.2 Å². The molecule has 130 valence electrons. The Morgan fingerprint density at radius 1 is 1.20 bits per heavy atom. The predicted molar refractivity (Wildman–Crippen MR) is 94.3 cm³/mol. The average Bonchev–Trinajstić information content (AvgIpc) is 2.66. The van der Waals surface area contributed by atoms with Gasteiger partial charge in [-0.05, 0) is 43.5 Å². The minimum Gasteiger partial charge on any atom is -0.462 e. The standard InChI is InChI=1S/C20H22N2O3/c1-15-10-18(12-21-11-15)20(24)25-14-16-6-5-9-22(13-16)19(23)17-7-3-2-4-8-17/h2-4,7-8,10-12,16H,5-6,9,13-14H2,1H3/t16-/m1/s1. The lowest BCUT2D eigenvalue weighted by Gasteiger charge is -2.32. The van der Waals surface area contributed by atoms with Gasteiger partial charge in [-0.3, -0.25) is 9.78 Å². The van der Waals surface area contributed by atoms with E-state index in [9.17, 15) is 9.59 Å². The van der Waals surface area contributed by atoms with Gasteiger partial charge in [-0.2, -0.15) is 0 Å². The van der Waals surface area contributed by atoms with E-state index in [0.717, 1.165) is 24.9 Å². The average molecular weight is 338 g/mol. The fourth-order valence-corrected chi connectivity index (χ4v) is 3.09. The number of likely N-dealkylation sites (tertiary alicyclic amines) is 1. The molecule has 1 aromatic carbocycles. The molecule has 0 aliphatic carbocycles. The highest BCUT2D eigenvalue weighted by Gasteiger charge is 2.25. The second kappa shape index (κ2) is 7.92. The van der Waals surface area contributed by atoms with Crippen molar-refractivity contribution in [3.8, 4) is 0 Å².